The summed E-state index contributed by atoms with van der Waals surface area (Å²) in [4.78, 5) is 27.0. The van der Waals surface area contributed by atoms with Crippen molar-refractivity contribution in [3.05, 3.63) is 85.6 Å². The van der Waals surface area contributed by atoms with Crippen LogP contribution in [0, 0.1) is 0 Å². The molecule has 0 aliphatic carbocycles. The zero-order chi connectivity index (χ0) is 24.6. The minimum atomic E-state index is -3.46. The summed E-state index contributed by atoms with van der Waals surface area (Å²) in [6.07, 6.45) is 1.12. The first-order valence-electron chi connectivity index (χ1n) is 10.1. The summed E-state index contributed by atoms with van der Waals surface area (Å²) in [5.41, 5.74) is -0.493. The molecule has 1 aliphatic rings. The maximum Gasteiger partial charge on any atom is 0.354 e. The van der Waals surface area contributed by atoms with Gasteiger partial charge in [0.05, 0.1) is 10.6 Å². The van der Waals surface area contributed by atoms with Crippen LogP contribution in [0.4, 0.5) is 0 Å². The van der Waals surface area contributed by atoms with Crippen molar-refractivity contribution < 1.29 is 17.9 Å². The fourth-order valence-electron chi connectivity index (χ4n) is 4.26. The second kappa shape index (κ2) is 7.49. The number of nitrogens with zero attached hydrogens (tertiary/aromatic N) is 1. The van der Waals surface area contributed by atoms with Gasteiger partial charge in [-0.25, -0.2) is 13.2 Å². The van der Waals surface area contributed by atoms with Crippen LogP contribution in [0.25, 0.3) is 16.7 Å². The van der Waals surface area contributed by atoms with Gasteiger partial charge in [0.1, 0.15) is 15.9 Å². The minimum Gasteiger partial charge on any atom is -0.505 e. The normalized spacial score (nSPS) is 14.2. The fourth-order valence-corrected chi connectivity index (χ4v) is 6.05. The highest BCUT2D eigenvalue weighted by molar-refractivity contribution is 7.99. The SMILES string of the molecule is CC1(C)c2cc(S(C)(=O)=O)ccc2-n2c1cc1oc(=O)c(Sc3cccc(Cl)c3)c(O)c1c2=O. The average Bonchev–Trinajstić information content (AvgIpc) is 2.97. The van der Waals surface area contributed by atoms with Crippen molar-refractivity contribution in [2.24, 2.45) is 0 Å². The smallest absolute Gasteiger partial charge is 0.354 e. The molecule has 3 heterocycles. The van der Waals surface area contributed by atoms with E-state index in [1.807, 2.05) is 13.8 Å². The topological polar surface area (TPSA) is 107 Å². The Morgan fingerprint density at radius 1 is 1.09 bits per heavy atom. The summed E-state index contributed by atoms with van der Waals surface area (Å²) in [6.45, 7) is 3.70. The van der Waals surface area contributed by atoms with Crippen LogP contribution in [0.5, 0.6) is 5.75 Å². The highest BCUT2D eigenvalue weighted by atomic mass is 35.5. The Bertz CT molecular complexity index is 1750. The number of aromatic nitrogens is 1. The average molecular weight is 516 g/mol. The highest BCUT2D eigenvalue weighted by Crippen LogP contribution is 2.44. The van der Waals surface area contributed by atoms with E-state index in [0.29, 0.717) is 26.9 Å². The Hall–Kier alpha value is -3.01. The van der Waals surface area contributed by atoms with Crippen LogP contribution >= 0.6 is 23.4 Å². The van der Waals surface area contributed by atoms with Crippen LogP contribution < -0.4 is 11.2 Å². The first-order chi connectivity index (χ1) is 15.9. The third-order valence-corrected chi connectivity index (χ3v) is 8.38. The van der Waals surface area contributed by atoms with Crippen molar-refractivity contribution in [1.82, 2.24) is 4.57 Å². The summed E-state index contributed by atoms with van der Waals surface area (Å²) in [5.74, 6) is -0.476. The molecule has 0 unspecified atom stereocenters. The number of sulfone groups is 1. The summed E-state index contributed by atoms with van der Waals surface area (Å²) in [6, 6.07) is 12.9. The van der Waals surface area contributed by atoms with Crippen LogP contribution in [-0.4, -0.2) is 24.3 Å². The Labute approximate surface area is 203 Å². The van der Waals surface area contributed by atoms with Crippen molar-refractivity contribution in [2.75, 3.05) is 6.26 Å². The molecule has 0 fully saturated rings. The fraction of sp³-hybridized carbons (Fsp3) is 0.167. The van der Waals surface area contributed by atoms with Crippen LogP contribution in [0.1, 0.15) is 25.1 Å². The van der Waals surface area contributed by atoms with Crippen LogP contribution in [0.15, 0.2) is 77.2 Å². The zero-order valence-corrected chi connectivity index (χ0v) is 20.6. The molecule has 174 valence electrons. The molecule has 0 atom stereocenters. The van der Waals surface area contributed by atoms with E-state index in [2.05, 4.69) is 0 Å². The van der Waals surface area contributed by atoms with E-state index in [1.165, 1.54) is 10.6 Å². The van der Waals surface area contributed by atoms with Crippen LogP contribution in [-0.2, 0) is 15.3 Å². The molecule has 0 amide bonds. The Morgan fingerprint density at radius 2 is 1.82 bits per heavy atom. The third-order valence-electron chi connectivity index (χ3n) is 5.98. The van der Waals surface area contributed by atoms with Gasteiger partial charge in [0.25, 0.3) is 5.56 Å². The van der Waals surface area contributed by atoms with Gasteiger partial charge in [0, 0.05) is 33.3 Å². The molecule has 7 nitrogen and oxygen atoms in total. The van der Waals surface area contributed by atoms with Crippen molar-refractivity contribution in [1.29, 1.82) is 0 Å². The van der Waals surface area contributed by atoms with E-state index in [-0.39, 0.29) is 20.8 Å². The molecule has 0 radical (unpaired) electrons. The van der Waals surface area contributed by atoms with E-state index < -0.39 is 32.2 Å². The lowest BCUT2D eigenvalue weighted by Gasteiger charge is -2.20. The maximum absolute atomic E-state index is 13.6. The summed E-state index contributed by atoms with van der Waals surface area (Å²) < 4.78 is 31.1. The molecule has 34 heavy (non-hydrogen) atoms. The molecule has 0 spiro atoms. The largest absolute Gasteiger partial charge is 0.505 e. The Balaban J connectivity index is 1.78. The summed E-state index contributed by atoms with van der Waals surface area (Å²) >= 11 is 6.97. The van der Waals surface area contributed by atoms with Crippen LogP contribution in [0.2, 0.25) is 5.02 Å². The van der Waals surface area contributed by atoms with E-state index in [1.54, 1.807) is 42.5 Å². The quantitative estimate of drug-likeness (QED) is 0.428. The van der Waals surface area contributed by atoms with Gasteiger partial charge in [-0.1, -0.05) is 43.3 Å². The molecule has 0 saturated heterocycles. The van der Waals surface area contributed by atoms with Crippen LogP contribution in [0.3, 0.4) is 0 Å². The van der Waals surface area contributed by atoms with Crippen molar-refractivity contribution >= 4 is 44.2 Å². The molecular weight excluding hydrogens is 498 g/mol. The number of halogens is 1. The molecule has 0 bridgehead atoms. The van der Waals surface area contributed by atoms with E-state index in [9.17, 15) is 23.1 Å². The number of hydrogen-bond acceptors (Lipinski definition) is 7. The number of aromatic hydroxyl groups is 1. The van der Waals surface area contributed by atoms with Gasteiger partial charge in [0.2, 0.25) is 0 Å². The Morgan fingerprint density at radius 3 is 2.50 bits per heavy atom. The van der Waals surface area contributed by atoms with Gasteiger partial charge >= 0.3 is 5.63 Å². The standard InChI is InChI=1S/C24H18ClNO6S2/c1-24(2)15-10-14(34(3,30)31)7-8-16(15)26-18(24)11-17-19(22(26)28)20(27)21(23(29)32-17)33-13-6-4-5-12(25)9-13/h4-11,27H,1-3H3. The molecule has 5 rings (SSSR count). The van der Waals surface area contributed by atoms with E-state index in [0.717, 1.165) is 18.0 Å². The lowest BCUT2D eigenvalue weighted by atomic mass is 9.83. The third kappa shape index (κ3) is 3.38. The minimum absolute atomic E-state index is 0.0431. The monoisotopic (exact) mass is 515 g/mol. The van der Waals surface area contributed by atoms with Gasteiger partial charge in [-0.15, -0.1) is 0 Å². The molecular formula is C24H18ClNO6S2. The van der Waals surface area contributed by atoms with Gasteiger partial charge in [-0.2, -0.15) is 0 Å². The van der Waals surface area contributed by atoms with Crippen molar-refractivity contribution in [2.45, 2.75) is 33.9 Å². The molecule has 4 aromatic rings. The van der Waals surface area contributed by atoms with E-state index in [4.69, 9.17) is 16.0 Å². The number of fused-ring (bicyclic) bond motifs is 4. The lowest BCUT2D eigenvalue weighted by molar-refractivity contribution is 0.445. The maximum atomic E-state index is 13.6. The molecule has 1 N–H and O–H groups in total. The zero-order valence-electron chi connectivity index (χ0n) is 18.2. The van der Waals surface area contributed by atoms with Gasteiger partial charge < -0.3 is 9.52 Å². The molecule has 10 heteroatoms. The van der Waals surface area contributed by atoms with Gasteiger partial charge in [0.15, 0.2) is 15.6 Å². The lowest BCUT2D eigenvalue weighted by Crippen LogP contribution is -2.24. The van der Waals surface area contributed by atoms with E-state index >= 15 is 0 Å². The molecule has 1 aliphatic heterocycles. The molecule has 2 aromatic carbocycles. The second-order valence-corrected chi connectivity index (χ2v) is 12.1. The van der Waals surface area contributed by atoms with Gasteiger partial charge in [-0.05, 0) is 42.0 Å². The Kier molecular flexibility index (Phi) is 5.02. The molecule has 2 aromatic heterocycles. The second-order valence-electron chi connectivity index (χ2n) is 8.61. The van der Waals surface area contributed by atoms with Gasteiger partial charge in [-0.3, -0.25) is 9.36 Å². The predicted octanol–water partition coefficient (Wildman–Crippen LogP) is 4.50. The first-order valence-corrected chi connectivity index (χ1v) is 13.2. The van der Waals surface area contributed by atoms with Crippen molar-refractivity contribution in [3.63, 3.8) is 0 Å². The highest BCUT2D eigenvalue weighted by Gasteiger charge is 2.39. The summed E-state index contributed by atoms with van der Waals surface area (Å²) in [5, 5.41) is 11.3. The van der Waals surface area contributed by atoms with Crippen molar-refractivity contribution in [3.8, 4) is 11.4 Å². The number of rotatable bonds is 3. The summed E-state index contributed by atoms with van der Waals surface area (Å²) in [7, 11) is -3.46. The number of benzene rings is 2. The number of hydrogen-bond donors (Lipinski definition) is 1. The first kappa shape index (κ1) is 22.8. The number of pyridine rings is 1. The predicted molar refractivity (Wildman–Crippen MR) is 131 cm³/mol. The molecule has 0 saturated carbocycles.